The first-order valence-corrected chi connectivity index (χ1v) is 7.22. The third-order valence-corrected chi connectivity index (χ3v) is 3.59. The summed E-state index contributed by atoms with van der Waals surface area (Å²) in [4.78, 5) is 3.98. The summed E-state index contributed by atoms with van der Waals surface area (Å²) in [6.07, 6.45) is 1.71. The third kappa shape index (κ3) is 3.73. The van der Waals surface area contributed by atoms with Crippen molar-refractivity contribution in [3.63, 3.8) is 0 Å². The van der Waals surface area contributed by atoms with Crippen LogP contribution in [0.15, 0.2) is 42.6 Å². The van der Waals surface area contributed by atoms with Crippen molar-refractivity contribution in [2.24, 2.45) is 0 Å². The van der Waals surface area contributed by atoms with Crippen LogP contribution in [0.4, 0.5) is 5.69 Å². The van der Waals surface area contributed by atoms with Crippen molar-refractivity contribution in [2.45, 2.75) is 39.2 Å². The quantitative estimate of drug-likeness (QED) is 0.785. The second-order valence-corrected chi connectivity index (χ2v) is 6.49. The fourth-order valence-corrected chi connectivity index (χ4v) is 2.27. The summed E-state index contributed by atoms with van der Waals surface area (Å²) in [7, 11) is 0. The molecular formula is C17H21ClN2. The van der Waals surface area contributed by atoms with Gasteiger partial charge in [0, 0.05) is 17.9 Å². The molecule has 0 saturated heterocycles. The highest BCUT2D eigenvalue weighted by Crippen LogP contribution is 2.25. The topological polar surface area (TPSA) is 24.9 Å². The summed E-state index contributed by atoms with van der Waals surface area (Å²) < 4.78 is 0. The highest BCUT2D eigenvalue weighted by Gasteiger charge is 2.14. The number of nitrogens with one attached hydrogen (secondary N) is 1. The van der Waals surface area contributed by atoms with Gasteiger partial charge >= 0.3 is 0 Å². The Balaban J connectivity index is 2.11. The van der Waals surface area contributed by atoms with Crippen molar-refractivity contribution in [1.82, 2.24) is 4.98 Å². The first-order chi connectivity index (χ1) is 9.36. The fourth-order valence-electron chi connectivity index (χ4n) is 2.10. The van der Waals surface area contributed by atoms with Gasteiger partial charge in [0.1, 0.15) is 5.15 Å². The average Bonchev–Trinajstić information content (AvgIpc) is 2.38. The number of hydrogen-bond acceptors (Lipinski definition) is 2. The molecule has 0 saturated carbocycles. The zero-order valence-corrected chi connectivity index (χ0v) is 13.2. The van der Waals surface area contributed by atoms with Crippen LogP contribution in [0.5, 0.6) is 0 Å². The molecule has 1 N–H and O–H groups in total. The molecule has 1 heterocycles. The molecular weight excluding hydrogens is 268 g/mol. The normalized spacial score (nSPS) is 13.1. The molecule has 0 amide bonds. The van der Waals surface area contributed by atoms with Crippen LogP contribution < -0.4 is 5.32 Å². The van der Waals surface area contributed by atoms with Gasteiger partial charge in [-0.25, -0.2) is 4.98 Å². The van der Waals surface area contributed by atoms with Gasteiger partial charge in [0.2, 0.25) is 0 Å². The highest BCUT2D eigenvalue weighted by molar-refractivity contribution is 6.29. The third-order valence-electron chi connectivity index (χ3n) is 3.39. The van der Waals surface area contributed by atoms with E-state index in [1.54, 1.807) is 6.20 Å². The van der Waals surface area contributed by atoms with E-state index in [4.69, 9.17) is 11.6 Å². The van der Waals surface area contributed by atoms with Crippen LogP contribution >= 0.6 is 11.6 Å². The number of benzene rings is 1. The molecule has 1 aromatic carbocycles. The molecule has 3 heteroatoms. The van der Waals surface area contributed by atoms with Crippen molar-refractivity contribution < 1.29 is 0 Å². The molecule has 0 spiro atoms. The number of anilines is 1. The fraction of sp³-hybridized carbons (Fsp3) is 0.353. The zero-order valence-electron chi connectivity index (χ0n) is 12.4. The molecule has 106 valence electrons. The predicted octanol–water partition coefficient (Wildman–Crippen LogP) is 5.21. The molecule has 0 aliphatic rings. The van der Waals surface area contributed by atoms with Crippen LogP contribution in [0.1, 0.15) is 44.9 Å². The van der Waals surface area contributed by atoms with Crippen molar-refractivity contribution in [3.05, 3.63) is 58.9 Å². The van der Waals surface area contributed by atoms with Crippen LogP contribution in [0.25, 0.3) is 0 Å². The number of aromatic nitrogens is 1. The Bertz CT molecular complexity index is 570. The molecule has 1 unspecified atom stereocenters. The summed E-state index contributed by atoms with van der Waals surface area (Å²) in [5.74, 6) is 0. The van der Waals surface area contributed by atoms with E-state index >= 15 is 0 Å². The average molecular weight is 289 g/mol. The van der Waals surface area contributed by atoms with E-state index in [1.807, 2.05) is 12.1 Å². The van der Waals surface area contributed by atoms with Gasteiger partial charge in [-0.3, -0.25) is 0 Å². The Morgan fingerprint density at radius 3 is 2.30 bits per heavy atom. The Labute approximate surface area is 126 Å². The number of halogens is 1. The summed E-state index contributed by atoms with van der Waals surface area (Å²) in [5, 5.41) is 3.94. The van der Waals surface area contributed by atoms with Crippen LogP contribution in [-0.2, 0) is 5.41 Å². The highest BCUT2D eigenvalue weighted by atomic mass is 35.5. The first-order valence-electron chi connectivity index (χ1n) is 6.85. The minimum absolute atomic E-state index is 0.188. The monoisotopic (exact) mass is 288 g/mol. The maximum Gasteiger partial charge on any atom is 0.131 e. The Morgan fingerprint density at radius 1 is 1.10 bits per heavy atom. The van der Waals surface area contributed by atoms with E-state index < -0.39 is 0 Å². The van der Waals surface area contributed by atoms with Crippen molar-refractivity contribution >= 4 is 17.3 Å². The van der Waals surface area contributed by atoms with Gasteiger partial charge in [-0.15, -0.1) is 0 Å². The van der Waals surface area contributed by atoms with E-state index in [2.05, 4.69) is 62.3 Å². The molecule has 20 heavy (non-hydrogen) atoms. The van der Waals surface area contributed by atoms with Crippen molar-refractivity contribution in [3.8, 4) is 0 Å². The summed E-state index contributed by atoms with van der Waals surface area (Å²) in [6.45, 7) is 8.81. The van der Waals surface area contributed by atoms with Gasteiger partial charge in [0.25, 0.3) is 0 Å². The standard InChI is InChI=1S/C17H21ClN2/c1-12(20-15-9-10-19-16(18)11-15)13-5-7-14(8-6-13)17(2,3)4/h5-12H,1-4H3,(H,19,20). The van der Waals surface area contributed by atoms with Crippen LogP contribution in [0.2, 0.25) is 5.15 Å². The molecule has 0 bridgehead atoms. The lowest BCUT2D eigenvalue weighted by Crippen LogP contribution is -2.12. The minimum Gasteiger partial charge on any atom is -0.378 e. The zero-order chi connectivity index (χ0) is 14.8. The molecule has 1 aromatic heterocycles. The summed E-state index contributed by atoms with van der Waals surface area (Å²) >= 11 is 5.89. The Kier molecular flexibility index (Phi) is 4.34. The SMILES string of the molecule is CC(Nc1ccnc(Cl)c1)c1ccc(C(C)(C)C)cc1. The molecule has 0 aliphatic heterocycles. The molecule has 2 nitrogen and oxygen atoms in total. The molecule has 1 atom stereocenters. The molecule has 0 radical (unpaired) electrons. The van der Waals surface area contributed by atoms with Crippen LogP contribution in [0.3, 0.4) is 0 Å². The lowest BCUT2D eigenvalue weighted by molar-refractivity contribution is 0.589. The molecule has 0 aliphatic carbocycles. The van der Waals surface area contributed by atoms with E-state index in [1.165, 1.54) is 11.1 Å². The van der Waals surface area contributed by atoms with Crippen LogP contribution in [0, 0.1) is 0 Å². The lowest BCUT2D eigenvalue weighted by atomic mass is 9.86. The van der Waals surface area contributed by atoms with Gasteiger partial charge < -0.3 is 5.32 Å². The Hall–Kier alpha value is -1.54. The van der Waals surface area contributed by atoms with E-state index in [-0.39, 0.29) is 11.5 Å². The van der Waals surface area contributed by atoms with Crippen molar-refractivity contribution in [2.75, 3.05) is 5.32 Å². The van der Waals surface area contributed by atoms with E-state index in [9.17, 15) is 0 Å². The lowest BCUT2D eigenvalue weighted by Gasteiger charge is -2.21. The number of pyridine rings is 1. The van der Waals surface area contributed by atoms with Crippen molar-refractivity contribution in [1.29, 1.82) is 0 Å². The Morgan fingerprint density at radius 2 is 1.75 bits per heavy atom. The van der Waals surface area contributed by atoms with Crippen LogP contribution in [-0.4, -0.2) is 4.98 Å². The predicted molar refractivity (Wildman–Crippen MR) is 86.4 cm³/mol. The number of hydrogen-bond donors (Lipinski definition) is 1. The van der Waals surface area contributed by atoms with Gasteiger partial charge in [0.15, 0.2) is 0 Å². The maximum absolute atomic E-state index is 5.89. The molecule has 2 aromatic rings. The second-order valence-electron chi connectivity index (χ2n) is 6.11. The van der Waals surface area contributed by atoms with Gasteiger partial charge in [0.05, 0.1) is 0 Å². The summed E-state index contributed by atoms with van der Waals surface area (Å²) in [6, 6.07) is 12.7. The largest absolute Gasteiger partial charge is 0.378 e. The van der Waals surface area contributed by atoms with E-state index in [0.29, 0.717) is 5.15 Å². The molecule has 0 fully saturated rings. The first kappa shape index (κ1) is 14.9. The minimum atomic E-state index is 0.188. The van der Waals surface area contributed by atoms with Gasteiger partial charge in [-0.05, 0) is 35.6 Å². The van der Waals surface area contributed by atoms with E-state index in [0.717, 1.165) is 5.69 Å². The number of nitrogens with zero attached hydrogens (tertiary/aromatic N) is 1. The smallest absolute Gasteiger partial charge is 0.131 e. The maximum atomic E-state index is 5.89. The number of rotatable bonds is 3. The van der Waals surface area contributed by atoms with Gasteiger partial charge in [-0.1, -0.05) is 56.6 Å². The second kappa shape index (κ2) is 5.84. The summed E-state index contributed by atoms with van der Waals surface area (Å²) in [5.41, 5.74) is 3.78. The molecule has 2 rings (SSSR count). The van der Waals surface area contributed by atoms with Gasteiger partial charge in [-0.2, -0.15) is 0 Å².